The maximum atomic E-state index is 5.27. The average Bonchev–Trinajstić information content (AvgIpc) is 2.37. The number of hydrogen-bond donors (Lipinski definition) is 0. The number of rotatable bonds is 3. The molecule has 0 amide bonds. The molecule has 4 heteroatoms. The Kier molecular flexibility index (Phi) is 4.30. The third kappa shape index (κ3) is 3.06. The summed E-state index contributed by atoms with van der Waals surface area (Å²) in [4.78, 5) is 0. The predicted molar refractivity (Wildman–Crippen MR) is 80.4 cm³/mol. The van der Waals surface area contributed by atoms with Gasteiger partial charge in [0.25, 0.3) is 0 Å². The van der Waals surface area contributed by atoms with Crippen LogP contribution in [0.15, 0.2) is 45.3 Å². The predicted octanol–water partition coefficient (Wildman–Crippen LogP) is 4.90. The van der Waals surface area contributed by atoms with Crippen LogP contribution < -0.4 is 9.47 Å². The van der Waals surface area contributed by atoms with Crippen LogP contribution in [0.25, 0.3) is 11.1 Å². The fourth-order valence-corrected chi connectivity index (χ4v) is 2.64. The third-order valence-electron chi connectivity index (χ3n) is 2.55. The molecule has 0 heterocycles. The Labute approximate surface area is 123 Å². The summed E-state index contributed by atoms with van der Waals surface area (Å²) in [6, 6.07) is 11.9. The lowest BCUT2D eigenvalue weighted by molar-refractivity contribution is 0.414. The first kappa shape index (κ1) is 13.4. The smallest absolute Gasteiger partial charge is 0.120 e. The average molecular weight is 372 g/mol. The minimum absolute atomic E-state index is 0.818. The standard InChI is InChI=1S/C14H12Br2O2/c1-17-13-5-9(3-11(15)7-13)10-4-12(16)8-14(6-10)18-2/h3-8H,1-2H3. The number of hydrogen-bond acceptors (Lipinski definition) is 2. The molecular formula is C14H12Br2O2. The molecule has 0 aromatic heterocycles. The molecule has 2 nitrogen and oxygen atoms in total. The summed E-state index contributed by atoms with van der Waals surface area (Å²) in [6.45, 7) is 0. The van der Waals surface area contributed by atoms with Crippen molar-refractivity contribution in [1.29, 1.82) is 0 Å². The zero-order valence-electron chi connectivity index (χ0n) is 10.0. The van der Waals surface area contributed by atoms with E-state index in [9.17, 15) is 0 Å². The Morgan fingerprint density at radius 1 is 0.667 bits per heavy atom. The minimum atomic E-state index is 0.818. The van der Waals surface area contributed by atoms with Gasteiger partial charge in [0.2, 0.25) is 0 Å². The van der Waals surface area contributed by atoms with Crippen molar-refractivity contribution in [2.45, 2.75) is 0 Å². The van der Waals surface area contributed by atoms with E-state index in [2.05, 4.69) is 31.9 Å². The van der Waals surface area contributed by atoms with E-state index in [1.54, 1.807) is 14.2 Å². The topological polar surface area (TPSA) is 18.5 Å². The van der Waals surface area contributed by atoms with Crippen molar-refractivity contribution in [2.24, 2.45) is 0 Å². The second-order valence-electron chi connectivity index (χ2n) is 3.76. The van der Waals surface area contributed by atoms with E-state index < -0.39 is 0 Å². The fourth-order valence-electron chi connectivity index (χ4n) is 1.69. The normalized spacial score (nSPS) is 10.2. The fraction of sp³-hybridized carbons (Fsp3) is 0.143. The van der Waals surface area contributed by atoms with Crippen molar-refractivity contribution in [3.63, 3.8) is 0 Å². The second kappa shape index (κ2) is 5.76. The highest BCUT2D eigenvalue weighted by Crippen LogP contribution is 2.32. The van der Waals surface area contributed by atoms with Crippen LogP contribution in [0, 0.1) is 0 Å². The highest BCUT2D eigenvalue weighted by atomic mass is 79.9. The summed E-state index contributed by atoms with van der Waals surface area (Å²) in [7, 11) is 3.32. The molecule has 94 valence electrons. The van der Waals surface area contributed by atoms with E-state index in [4.69, 9.17) is 9.47 Å². The molecule has 0 saturated carbocycles. The molecule has 0 aliphatic carbocycles. The Balaban J connectivity index is 2.53. The maximum absolute atomic E-state index is 5.27. The highest BCUT2D eigenvalue weighted by molar-refractivity contribution is 9.10. The first-order valence-corrected chi connectivity index (χ1v) is 6.90. The van der Waals surface area contributed by atoms with Gasteiger partial charge in [0, 0.05) is 8.95 Å². The summed E-state index contributed by atoms with van der Waals surface area (Å²) >= 11 is 6.96. The Morgan fingerprint density at radius 3 is 1.39 bits per heavy atom. The van der Waals surface area contributed by atoms with Crippen LogP contribution in [0.4, 0.5) is 0 Å². The minimum Gasteiger partial charge on any atom is -0.497 e. The van der Waals surface area contributed by atoms with E-state index in [1.807, 2.05) is 36.4 Å². The molecule has 0 N–H and O–H groups in total. The summed E-state index contributed by atoms with van der Waals surface area (Å²) in [5, 5.41) is 0. The highest BCUT2D eigenvalue weighted by Gasteiger charge is 2.05. The molecule has 2 aromatic carbocycles. The Hall–Kier alpha value is -1.00. The van der Waals surface area contributed by atoms with Crippen molar-refractivity contribution < 1.29 is 9.47 Å². The number of ether oxygens (including phenoxy) is 2. The van der Waals surface area contributed by atoms with Crippen LogP contribution in [0.2, 0.25) is 0 Å². The van der Waals surface area contributed by atoms with Crippen molar-refractivity contribution >= 4 is 31.9 Å². The quantitative estimate of drug-likeness (QED) is 0.764. The van der Waals surface area contributed by atoms with E-state index in [-0.39, 0.29) is 0 Å². The molecule has 0 atom stereocenters. The summed E-state index contributed by atoms with van der Waals surface area (Å²) < 4.78 is 12.5. The lowest BCUT2D eigenvalue weighted by Gasteiger charge is -2.09. The van der Waals surface area contributed by atoms with Crippen LogP contribution in [0.3, 0.4) is 0 Å². The number of benzene rings is 2. The summed E-state index contributed by atoms with van der Waals surface area (Å²) in [5.41, 5.74) is 2.14. The van der Waals surface area contributed by atoms with Crippen LogP contribution in [0.1, 0.15) is 0 Å². The van der Waals surface area contributed by atoms with Gasteiger partial charge in [-0.05, 0) is 47.5 Å². The first-order valence-electron chi connectivity index (χ1n) is 5.32. The van der Waals surface area contributed by atoms with Gasteiger partial charge in [-0.1, -0.05) is 31.9 Å². The zero-order valence-corrected chi connectivity index (χ0v) is 13.2. The van der Waals surface area contributed by atoms with Crippen LogP contribution >= 0.6 is 31.9 Å². The van der Waals surface area contributed by atoms with Gasteiger partial charge in [0.15, 0.2) is 0 Å². The van der Waals surface area contributed by atoms with E-state index >= 15 is 0 Å². The SMILES string of the molecule is COc1cc(Br)cc(-c2cc(Br)cc(OC)c2)c1. The molecule has 18 heavy (non-hydrogen) atoms. The summed E-state index contributed by atoms with van der Waals surface area (Å²) in [6.07, 6.45) is 0. The molecule has 0 aliphatic heterocycles. The van der Waals surface area contributed by atoms with Crippen LogP contribution in [-0.2, 0) is 0 Å². The molecule has 2 aromatic rings. The second-order valence-corrected chi connectivity index (χ2v) is 5.59. The van der Waals surface area contributed by atoms with Crippen molar-refractivity contribution in [1.82, 2.24) is 0 Å². The van der Waals surface area contributed by atoms with Crippen LogP contribution in [0.5, 0.6) is 11.5 Å². The van der Waals surface area contributed by atoms with E-state index in [1.165, 1.54) is 0 Å². The van der Waals surface area contributed by atoms with Gasteiger partial charge in [-0.25, -0.2) is 0 Å². The van der Waals surface area contributed by atoms with Gasteiger partial charge in [-0.15, -0.1) is 0 Å². The van der Waals surface area contributed by atoms with Crippen LogP contribution in [-0.4, -0.2) is 14.2 Å². The van der Waals surface area contributed by atoms with E-state index in [0.29, 0.717) is 0 Å². The third-order valence-corrected chi connectivity index (χ3v) is 3.46. The molecule has 0 saturated heterocycles. The number of halogens is 2. The van der Waals surface area contributed by atoms with Crippen molar-refractivity contribution in [2.75, 3.05) is 14.2 Å². The molecule has 0 unspecified atom stereocenters. The van der Waals surface area contributed by atoms with Crippen molar-refractivity contribution in [3.8, 4) is 22.6 Å². The van der Waals surface area contributed by atoms with Gasteiger partial charge >= 0.3 is 0 Å². The van der Waals surface area contributed by atoms with Gasteiger partial charge in [-0.2, -0.15) is 0 Å². The van der Waals surface area contributed by atoms with E-state index in [0.717, 1.165) is 31.6 Å². The van der Waals surface area contributed by atoms with Gasteiger partial charge in [-0.3, -0.25) is 0 Å². The van der Waals surface area contributed by atoms with Gasteiger partial charge in [0.1, 0.15) is 11.5 Å². The molecule has 2 rings (SSSR count). The lowest BCUT2D eigenvalue weighted by Crippen LogP contribution is -1.87. The molecular weight excluding hydrogens is 360 g/mol. The molecule has 0 spiro atoms. The Bertz CT molecular complexity index is 516. The summed E-state index contributed by atoms with van der Waals surface area (Å²) in [5.74, 6) is 1.64. The Morgan fingerprint density at radius 2 is 1.06 bits per heavy atom. The molecule has 0 fully saturated rings. The molecule has 0 aliphatic rings. The van der Waals surface area contributed by atoms with Gasteiger partial charge < -0.3 is 9.47 Å². The molecule has 0 bridgehead atoms. The number of methoxy groups -OCH3 is 2. The maximum Gasteiger partial charge on any atom is 0.120 e. The molecule has 0 radical (unpaired) electrons. The first-order chi connectivity index (χ1) is 8.62. The van der Waals surface area contributed by atoms with Crippen molar-refractivity contribution in [3.05, 3.63) is 45.3 Å². The zero-order chi connectivity index (χ0) is 13.1. The lowest BCUT2D eigenvalue weighted by atomic mass is 10.1. The van der Waals surface area contributed by atoms with Gasteiger partial charge in [0.05, 0.1) is 14.2 Å². The largest absolute Gasteiger partial charge is 0.497 e. The monoisotopic (exact) mass is 370 g/mol.